The van der Waals surface area contributed by atoms with Gasteiger partial charge in [-0.05, 0) is 67.1 Å². The van der Waals surface area contributed by atoms with Crippen LogP contribution in [-0.2, 0) is 0 Å². The first-order chi connectivity index (χ1) is 13.9. The Kier molecular flexibility index (Phi) is 4.49. The number of halogens is 2. The third-order valence-corrected chi connectivity index (χ3v) is 4.38. The van der Waals surface area contributed by atoms with Crippen LogP contribution in [-0.4, -0.2) is 20.9 Å². The second-order valence-electron chi connectivity index (χ2n) is 6.38. The molecule has 0 unspecified atom stereocenters. The molecule has 0 aliphatic carbocycles. The first-order valence-corrected chi connectivity index (χ1v) is 8.59. The minimum atomic E-state index is -0.775. The van der Waals surface area contributed by atoms with Gasteiger partial charge >= 0.3 is 0 Å². The lowest BCUT2D eigenvalue weighted by Gasteiger charge is -2.09. The van der Waals surface area contributed by atoms with Gasteiger partial charge in [-0.25, -0.2) is 8.78 Å². The van der Waals surface area contributed by atoms with Crippen LogP contribution in [0.2, 0.25) is 0 Å². The van der Waals surface area contributed by atoms with Gasteiger partial charge in [-0.2, -0.15) is 10.1 Å². The Bertz CT molecular complexity index is 1290. The molecule has 0 bridgehead atoms. The lowest BCUT2D eigenvalue weighted by Crippen LogP contribution is -2.14. The van der Waals surface area contributed by atoms with E-state index in [1.807, 2.05) is 6.07 Å². The summed E-state index contributed by atoms with van der Waals surface area (Å²) in [6.45, 7) is 1.78. The highest BCUT2D eigenvalue weighted by Gasteiger charge is 2.15. The van der Waals surface area contributed by atoms with Crippen molar-refractivity contribution in [2.45, 2.75) is 6.92 Å². The molecular formula is C21H13F2N5O. The Morgan fingerprint density at radius 2 is 1.72 bits per heavy atom. The summed E-state index contributed by atoms with van der Waals surface area (Å²) in [7, 11) is 0. The summed E-state index contributed by atoms with van der Waals surface area (Å²) in [5.74, 6) is -1.77. The predicted molar refractivity (Wildman–Crippen MR) is 103 cm³/mol. The van der Waals surface area contributed by atoms with Crippen molar-refractivity contribution in [3.05, 3.63) is 82.9 Å². The van der Waals surface area contributed by atoms with Gasteiger partial charge in [0.25, 0.3) is 5.91 Å². The van der Waals surface area contributed by atoms with Crippen LogP contribution in [0.15, 0.2) is 54.6 Å². The second kappa shape index (κ2) is 7.13. The molecule has 0 aliphatic rings. The van der Waals surface area contributed by atoms with Crippen molar-refractivity contribution in [2.75, 3.05) is 5.32 Å². The van der Waals surface area contributed by atoms with E-state index in [1.54, 1.807) is 31.2 Å². The zero-order chi connectivity index (χ0) is 20.5. The van der Waals surface area contributed by atoms with Crippen molar-refractivity contribution in [3.8, 4) is 11.8 Å². The number of nitrogens with zero attached hydrogens (tertiary/aromatic N) is 4. The molecule has 0 radical (unpaired) electrons. The van der Waals surface area contributed by atoms with Crippen molar-refractivity contribution in [1.82, 2.24) is 15.0 Å². The minimum Gasteiger partial charge on any atom is -0.322 e. The highest BCUT2D eigenvalue weighted by molar-refractivity contribution is 6.05. The number of anilines is 1. The maximum Gasteiger partial charge on any atom is 0.258 e. The van der Waals surface area contributed by atoms with Gasteiger partial charge in [-0.1, -0.05) is 0 Å². The summed E-state index contributed by atoms with van der Waals surface area (Å²) >= 11 is 0. The van der Waals surface area contributed by atoms with Gasteiger partial charge in [0.2, 0.25) is 0 Å². The molecule has 29 heavy (non-hydrogen) atoms. The molecule has 0 fully saturated rings. The van der Waals surface area contributed by atoms with E-state index in [1.165, 1.54) is 29.1 Å². The average molecular weight is 389 g/mol. The van der Waals surface area contributed by atoms with Gasteiger partial charge in [0.1, 0.15) is 22.7 Å². The molecule has 8 heteroatoms. The highest BCUT2D eigenvalue weighted by Crippen LogP contribution is 2.23. The largest absolute Gasteiger partial charge is 0.322 e. The summed E-state index contributed by atoms with van der Waals surface area (Å²) in [6.07, 6.45) is 0. The summed E-state index contributed by atoms with van der Waals surface area (Å²) in [5, 5.41) is 20.2. The van der Waals surface area contributed by atoms with Gasteiger partial charge in [0, 0.05) is 5.69 Å². The van der Waals surface area contributed by atoms with Crippen LogP contribution >= 0.6 is 0 Å². The van der Waals surface area contributed by atoms with Crippen LogP contribution in [0, 0.1) is 29.9 Å². The SMILES string of the molecule is Cc1cc2nn(-c3ccc(F)cc3)nc2cc1NC(=O)c1ccc(C#N)cc1F. The normalized spacial score (nSPS) is 10.7. The summed E-state index contributed by atoms with van der Waals surface area (Å²) in [5.41, 5.74) is 2.83. The second-order valence-corrected chi connectivity index (χ2v) is 6.38. The van der Waals surface area contributed by atoms with E-state index in [4.69, 9.17) is 5.26 Å². The number of nitriles is 1. The van der Waals surface area contributed by atoms with Crippen LogP contribution in [0.3, 0.4) is 0 Å². The van der Waals surface area contributed by atoms with E-state index < -0.39 is 11.7 Å². The molecule has 3 aromatic carbocycles. The number of nitrogens with one attached hydrogen (secondary N) is 1. The molecule has 6 nitrogen and oxygen atoms in total. The molecule has 0 aliphatic heterocycles. The van der Waals surface area contributed by atoms with Crippen LogP contribution in [0.25, 0.3) is 16.7 Å². The van der Waals surface area contributed by atoms with Gasteiger partial charge in [-0.3, -0.25) is 4.79 Å². The summed E-state index contributed by atoms with van der Waals surface area (Å²) in [6, 6.07) is 14.6. The van der Waals surface area contributed by atoms with Gasteiger partial charge < -0.3 is 5.32 Å². The fourth-order valence-electron chi connectivity index (χ4n) is 2.85. The van der Waals surface area contributed by atoms with Gasteiger partial charge in [0.15, 0.2) is 0 Å². The fraction of sp³-hybridized carbons (Fsp3) is 0.0476. The molecule has 0 atom stereocenters. The first-order valence-electron chi connectivity index (χ1n) is 8.59. The average Bonchev–Trinajstić information content (AvgIpc) is 3.11. The van der Waals surface area contributed by atoms with E-state index in [9.17, 15) is 13.6 Å². The zero-order valence-corrected chi connectivity index (χ0v) is 15.1. The Hall–Kier alpha value is -4.12. The highest BCUT2D eigenvalue weighted by atomic mass is 19.1. The lowest BCUT2D eigenvalue weighted by atomic mass is 10.1. The summed E-state index contributed by atoms with van der Waals surface area (Å²) in [4.78, 5) is 13.8. The Morgan fingerprint density at radius 1 is 1.03 bits per heavy atom. The quantitative estimate of drug-likeness (QED) is 0.571. The number of amides is 1. The summed E-state index contributed by atoms with van der Waals surface area (Å²) < 4.78 is 27.2. The van der Waals surface area contributed by atoms with Gasteiger partial charge in [-0.15, -0.1) is 10.2 Å². The number of aryl methyl sites for hydroxylation is 1. The van der Waals surface area contributed by atoms with Crippen LogP contribution < -0.4 is 5.32 Å². The van der Waals surface area contributed by atoms with Crippen molar-refractivity contribution in [3.63, 3.8) is 0 Å². The molecule has 1 amide bonds. The number of rotatable bonds is 3. The van der Waals surface area contributed by atoms with Crippen molar-refractivity contribution < 1.29 is 13.6 Å². The van der Waals surface area contributed by atoms with Gasteiger partial charge in [0.05, 0.1) is 22.9 Å². The molecule has 1 N–H and O–H groups in total. The number of hydrogen-bond donors (Lipinski definition) is 1. The number of aromatic nitrogens is 3. The number of carbonyl (C=O) groups excluding carboxylic acids is 1. The number of fused-ring (bicyclic) bond motifs is 1. The predicted octanol–water partition coefficient (Wildman–Crippen LogP) is 4.13. The van der Waals surface area contributed by atoms with Crippen LogP contribution in [0.1, 0.15) is 21.5 Å². The molecule has 0 spiro atoms. The fourth-order valence-corrected chi connectivity index (χ4v) is 2.85. The minimum absolute atomic E-state index is 0.133. The monoisotopic (exact) mass is 389 g/mol. The van der Waals surface area contributed by atoms with E-state index in [0.29, 0.717) is 28.0 Å². The Morgan fingerprint density at radius 3 is 2.38 bits per heavy atom. The topological polar surface area (TPSA) is 83.6 Å². The third kappa shape index (κ3) is 3.53. The lowest BCUT2D eigenvalue weighted by molar-refractivity contribution is 0.102. The van der Waals surface area contributed by atoms with E-state index in [2.05, 4.69) is 15.5 Å². The van der Waals surface area contributed by atoms with Crippen LogP contribution in [0.4, 0.5) is 14.5 Å². The molecule has 1 heterocycles. The van der Waals surface area contributed by atoms with Crippen molar-refractivity contribution in [2.24, 2.45) is 0 Å². The standard InChI is InChI=1S/C21H13F2N5O/c1-12-8-19-20(27-28(26-19)15-5-3-14(22)4-6-15)10-18(12)25-21(29)16-7-2-13(11-24)9-17(16)23/h2-10H,1H3,(H,25,29). The molecular weight excluding hydrogens is 376 g/mol. The first kappa shape index (κ1) is 18.3. The number of hydrogen-bond acceptors (Lipinski definition) is 4. The Balaban J connectivity index is 1.66. The number of benzene rings is 3. The Labute approximate surface area is 164 Å². The molecule has 142 valence electrons. The maximum absolute atomic E-state index is 14.1. The van der Waals surface area contributed by atoms with Crippen molar-refractivity contribution in [1.29, 1.82) is 5.26 Å². The third-order valence-electron chi connectivity index (χ3n) is 4.38. The van der Waals surface area contributed by atoms with E-state index in [-0.39, 0.29) is 16.9 Å². The molecule has 4 rings (SSSR count). The number of carbonyl (C=O) groups is 1. The maximum atomic E-state index is 14.1. The van der Waals surface area contributed by atoms with Crippen molar-refractivity contribution >= 4 is 22.6 Å². The van der Waals surface area contributed by atoms with E-state index in [0.717, 1.165) is 6.07 Å². The molecule has 0 saturated carbocycles. The van der Waals surface area contributed by atoms with E-state index >= 15 is 0 Å². The molecule has 1 aromatic heterocycles. The van der Waals surface area contributed by atoms with Crippen LogP contribution in [0.5, 0.6) is 0 Å². The zero-order valence-electron chi connectivity index (χ0n) is 15.1. The molecule has 4 aromatic rings. The molecule has 0 saturated heterocycles. The smallest absolute Gasteiger partial charge is 0.258 e.